The fourth-order valence-electron chi connectivity index (χ4n) is 4.05. The van der Waals surface area contributed by atoms with E-state index < -0.39 is 15.6 Å². The molecule has 2 aromatic heterocycles. The number of sulfonamides is 1. The van der Waals surface area contributed by atoms with Crippen LogP contribution in [0.5, 0.6) is 11.5 Å². The molecule has 0 spiro atoms. The van der Waals surface area contributed by atoms with E-state index >= 15 is 0 Å². The number of fused-ring (bicyclic) bond motifs is 2. The Balaban J connectivity index is 1.40. The highest BCUT2D eigenvalue weighted by atomic mass is 32.2. The van der Waals surface area contributed by atoms with Gasteiger partial charge in [-0.25, -0.2) is 9.66 Å². The molecule has 0 amide bonds. The molecule has 1 fully saturated rings. The van der Waals surface area contributed by atoms with Crippen molar-refractivity contribution in [3.63, 3.8) is 0 Å². The van der Waals surface area contributed by atoms with Gasteiger partial charge in [-0.05, 0) is 43.0 Å². The Hall–Kier alpha value is -3.90. The first-order chi connectivity index (χ1) is 17.4. The van der Waals surface area contributed by atoms with Crippen molar-refractivity contribution in [2.24, 2.45) is 10.3 Å². The van der Waals surface area contributed by atoms with Gasteiger partial charge in [0, 0.05) is 29.6 Å². The van der Waals surface area contributed by atoms with Gasteiger partial charge >= 0.3 is 0 Å². The summed E-state index contributed by atoms with van der Waals surface area (Å²) in [7, 11) is -4.20. The average molecular weight is 524 g/mol. The van der Waals surface area contributed by atoms with Crippen molar-refractivity contribution in [1.29, 1.82) is 0 Å². The van der Waals surface area contributed by atoms with Gasteiger partial charge in [0.2, 0.25) is 0 Å². The van der Waals surface area contributed by atoms with E-state index in [0.717, 1.165) is 17.8 Å². The van der Waals surface area contributed by atoms with Crippen molar-refractivity contribution in [2.45, 2.75) is 24.3 Å². The summed E-state index contributed by atoms with van der Waals surface area (Å²) in [5.74, 6) is 0.244. The van der Waals surface area contributed by atoms with Crippen LogP contribution in [0, 0.1) is 5.92 Å². The second-order valence-corrected chi connectivity index (χ2v) is 11.2. The van der Waals surface area contributed by atoms with Gasteiger partial charge in [0.15, 0.2) is 5.84 Å². The second-order valence-electron chi connectivity index (χ2n) is 8.60. The molecule has 6 rings (SSSR count). The molecule has 0 saturated heterocycles. The van der Waals surface area contributed by atoms with Gasteiger partial charge in [-0.15, -0.1) is 15.7 Å². The molecule has 0 radical (unpaired) electrons. The quantitative estimate of drug-likeness (QED) is 0.336. The molecule has 2 aromatic carbocycles. The Kier molecular flexibility index (Phi) is 5.41. The average Bonchev–Trinajstić information content (AvgIpc) is 3.54. The highest BCUT2D eigenvalue weighted by molar-refractivity contribution is 7.90. The monoisotopic (exact) mass is 523 g/mol. The van der Waals surface area contributed by atoms with Gasteiger partial charge in [0.1, 0.15) is 33.6 Å². The molecule has 1 saturated carbocycles. The van der Waals surface area contributed by atoms with Crippen LogP contribution in [-0.4, -0.2) is 35.6 Å². The van der Waals surface area contributed by atoms with Crippen LogP contribution < -0.4 is 21.0 Å². The van der Waals surface area contributed by atoms with Crippen LogP contribution >= 0.6 is 11.3 Å². The number of aromatic nitrogens is 2. The van der Waals surface area contributed by atoms with Crippen LogP contribution in [0.4, 0.5) is 5.69 Å². The first kappa shape index (κ1) is 22.6. The molecule has 0 unspecified atom stereocenters. The van der Waals surface area contributed by atoms with E-state index in [1.165, 1.54) is 22.1 Å². The minimum absolute atomic E-state index is 0.0876. The Bertz CT molecular complexity index is 1680. The third-order valence-electron chi connectivity index (χ3n) is 6.07. The van der Waals surface area contributed by atoms with Crippen molar-refractivity contribution in [3.8, 4) is 11.5 Å². The third kappa shape index (κ3) is 4.07. The zero-order chi connectivity index (χ0) is 24.9. The van der Waals surface area contributed by atoms with E-state index in [0.29, 0.717) is 29.1 Å². The smallest absolute Gasteiger partial charge is 0.286 e. The lowest BCUT2D eigenvalue weighted by Gasteiger charge is -2.21. The lowest BCUT2D eigenvalue weighted by molar-refractivity contribution is 0.305. The number of rotatable bonds is 7. The molecule has 36 heavy (non-hydrogen) atoms. The predicted molar refractivity (Wildman–Crippen MR) is 137 cm³/mol. The van der Waals surface area contributed by atoms with E-state index in [4.69, 9.17) is 4.74 Å². The maximum atomic E-state index is 13.5. The van der Waals surface area contributed by atoms with Gasteiger partial charge in [-0.2, -0.15) is 8.42 Å². The fourth-order valence-corrected chi connectivity index (χ4v) is 5.71. The number of amidine groups is 1. The summed E-state index contributed by atoms with van der Waals surface area (Å²) in [5, 5.41) is 16.9. The Morgan fingerprint density at radius 2 is 2.06 bits per heavy atom. The largest absolute Gasteiger partial charge is 0.506 e. The number of ether oxygens (including phenoxy) is 1. The molecule has 0 bridgehead atoms. The van der Waals surface area contributed by atoms with Crippen LogP contribution in [0.2, 0.25) is 0 Å². The van der Waals surface area contributed by atoms with E-state index in [1.54, 1.807) is 42.6 Å². The lowest BCUT2D eigenvalue weighted by atomic mass is 10.1. The Labute approximate surface area is 209 Å². The molecule has 3 N–H and O–H groups in total. The number of nitrogens with zero attached hydrogens (tertiary/aromatic N) is 3. The number of thiazole rings is 1. The van der Waals surface area contributed by atoms with Crippen molar-refractivity contribution in [3.05, 3.63) is 75.0 Å². The lowest BCUT2D eigenvalue weighted by Crippen LogP contribution is -2.37. The highest BCUT2D eigenvalue weighted by Crippen LogP contribution is 2.34. The number of para-hydroxylation sites is 1. The summed E-state index contributed by atoms with van der Waals surface area (Å²) in [4.78, 5) is 17.6. The normalized spacial score (nSPS) is 16.2. The molecular weight excluding hydrogens is 502 g/mol. The van der Waals surface area contributed by atoms with E-state index in [1.807, 2.05) is 5.38 Å². The summed E-state index contributed by atoms with van der Waals surface area (Å²) >= 11 is 1.43. The second kappa shape index (κ2) is 8.64. The Morgan fingerprint density at radius 3 is 2.83 bits per heavy atom. The van der Waals surface area contributed by atoms with Crippen molar-refractivity contribution < 1.29 is 18.3 Å². The van der Waals surface area contributed by atoms with Crippen molar-refractivity contribution >= 4 is 43.8 Å². The number of pyridine rings is 1. The molecule has 184 valence electrons. The van der Waals surface area contributed by atoms with Crippen LogP contribution in [0.1, 0.15) is 23.4 Å². The fraction of sp³-hybridized carbons (Fsp3) is 0.208. The number of hydrogen-bond acceptors (Lipinski definition) is 9. The number of anilines is 1. The highest BCUT2D eigenvalue weighted by Gasteiger charge is 2.31. The first-order valence-corrected chi connectivity index (χ1v) is 13.6. The van der Waals surface area contributed by atoms with Gasteiger partial charge in [0.25, 0.3) is 15.6 Å². The molecule has 1 aliphatic carbocycles. The Morgan fingerprint density at radius 1 is 1.22 bits per heavy atom. The maximum absolute atomic E-state index is 13.5. The molecular formula is C24H21N5O5S2. The van der Waals surface area contributed by atoms with Crippen LogP contribution in [0.3, 0.4) is 0 Å². The number of nitrogens with one attached hydrogen (secondary N) is 2. The number of benzene rings is 2. The van der Waals surface area contributed by atoms with Gasteiger partial charge in [-0.3, -0.25) is 4.79 Å². The summed E-state index contributed by atoms with van der Waals surface area (Å²) in [5.41, 5.74) is 3.03. The van der Waals surface area contributed by atoms with Gasteiger partial charge < -0.3 is 20.6 Å². The summed E-state index contributed by atoms with van der Waals surface area (Å²) in [6, 6.07) is 11.4. The van der Waals surface area contributed by atoms with Crippen LogP contribution in [0.15, 0.2) is 68.1 Å². The van der Waals surface area contributed by atoms with Gasteiger partial charge in [0.05, 0.1) is 11.2 Å². The minimum Gasteiger partial charge on any atom is -0.506 e. The molecule has 0 atom stereocenters. The topological polar surface area (TPSA) is 135 Å². The number of aromatic hydroxyl groups is 1. The third-order valence-corrected chi connectivity index (χ3v) is 8.14. The van der Waals surface area contributed by atoms with Crippen molar-refractivity contribution in [1.82, 2.24) is 9.66 Å². The number of hydrogen-bond donors (Lipinski definition) is 3. The summed E-state index contributed by atoms with van der Waals surface area (Å²) in [6.07, 6.45) is 3.84. The minimum atomic E-state index is -4.20. The maximum Gasteiger partial charge on any atom is 0.286 e. The standard InChI is InChI=1S/C24H21N5O5S2/c30-22-16-3-1-2-4-18(16)29(26-12-14-5-6-14)24(31)21(22)23-27-17-8-7-15(11-19(17)36(32,33)28-23)34-13-20-25-9-10-35-20/h1-4,7-11,14,26,30H,5-6,12-13H2,(H,27,28). The molecule has 2 aliphatic rings. The van der Waals surface area contributed by atoms with E-state index in [9.17, 15) is 18.3 Å². The van der Waals surface area contributed by atoms with Gasteiger partial charge in [-0.1, -0.05) is 12.1 Å². The van der Waals surface area contributed by atoms with Crippen LogP contribution in [-0.2, 0) is 16.6 Å². The van der Waals surface area contributed by atoms with E-state index in [2.05, 4.69) is 20.1 Å². The first-order valence-electron chi connectivity index (χ1n) is 11.3. The van der Waals surface area contributed by atoms with Crippen molar-refractivity contribution in [2.75, 3.05) is 17.3 Å². The molecule has 1 aliphatic heterocycles. The van der Waals surface area contributed by atoms with E-state index in [-0.39, 0.29) is 34.3 Å². The zero-order valence-corrected chi connectivity index (χ0v) is 20.5. The van der Waals surface area contributed by atoms with Crippen LogP contribution in [0.25, 0.3) is 10.9 Å². The zero-order valence-electron chi connectivity index (χ0n) is 18.8. The predicted octanol–water partition coefficient (Wildman–Crippen LogP) is 3.26. The molecule has 4 aromatic rings. The molecule has 10 nitrogen and oxygen atoms in total. The molecule has 12 heteroatoms. The SMILES string of the molecule is O=c1c(C2=NS(=O)(=O)c3cc(OCc4nccs4)ccc3N2)c(O)c2ccccc2n1NCC1CC1. The molecule has 3 heterocycles. The summed E-state index contributed by atoms with van der Waals surface area (Å²) < 4.78 is 37.2. The summed E-state index contributed by atoms with van der Waals surface area (Å²) in [6.45, 7) is 0.801.